The number of fused-ring (bicyclic) bond motifs is 1. The van der Waals surface area contributed by atoms with Crippen molar-refractivity contribution in [3.05, 3.63) is 34.8 Å². The van der Waals surface area contributed by atoms with E-state index >= 15 is 0 Å². The van der Waals surface area contributed by atoms with Crippen LogP contribution >= 0.6 is 11.3 Å². The molecule has 0 bridgehead atoms. The Morgan fingerprint density at radius 2 is 2.37 bits per heavy atom. The van der Waals surface area contributed by atoms with Gasteiger partial charge in [0.05, 0.1) is 27.2 Å². The van der Waals surface area contributed by atoms with Crippen LogP contribution in [0.4, 0.5) is 0 Å². The minimum absolute atomic E-state index is 0.187. The van der Waals surface area contributed by atoms with E-state index in [9.17, 15) is 9.90 Å². The Hall–Kier alpha value is -2.21. The second-order valence-electron chi connectivity index (χ2n) is 4.00. The van der Waals surface area contributed by atoms with Gasteiger partial charge in [-0.3, -0.25) is 0 Å². The smallest absolute Gasteiger partial charge is 0.336 e. The first-order valence-electron chi connectivity index (χ1n) is 5.77. The van der Waals surface area contributed by atoms with Gasteiger partial charge in [0.2, 0.25) is 0 Å². The quantitative estimate of drug-likeness (QED) is 0.793. The number of carbonyl (C=O) groups is 1. The standard InChI is InChI=1S/C13H10N2O3S/c1-2-8-11-7(13(16)17)6-9(10-4-3-5-19-10)14-12(11)18-15-8/h3-6H,2H2,1H3,(H,16,17). The minimum atomic E-state index is -0.997. The lowest BCUT2D eigenvalue weighted by Crippen LogP contribution is -2.00. The van der Waals surface area contributed by atoms with Crippen LogP contribution in [0, 0.1) is 0 Å². The summed E-state index contributed by atoms with van der Waals surface area (Å²) in [6, 6.07) is 5.36. The zero-order chi connectivity index (χ0) is 13.4. The Balaban J connectivity index is 2.32. The largest absolute Gasteiger partial charge is 0.478 e. The second kappa shape index (κ2) is 4.47. The van der Waals surface area contributed by atoms with Crippen LogP contribution in [-0.4, -0.2) is 21.2 Å². The van der Waals surface area contributed by atoms with Gasteiger partial charge in [-0.1, -0.05) is 18.1 Å². The van der Waals surface area contributed by atoms with E-state index in [0.717, 1.165) is 4.88 Å². The van der Waals surface area contributed by atoms with Crippen LogP contribution in [0.15, 0.2) is 28.1 Å². The fourth-order valence-electron chi connectivity index (χ4n) is 1.97. The zero-order valence-electron chi connectivity index (χ0n) is 10.1. The summed E-state index contributed by atoms with van der Waals surface area (Å²) in [4.78, 5) is 16.7. The molecule has 6 heteroatoms. The first-order valence-corrected chi connectivity index (χ1v) is 6.65. The summed E-state index contributed by atoms with van der Waals surface area (Å²) in [5.41, 5.74) is 1.68. The predicted octanol–water partition coefficient (Wildman–Crippen LogP) is 3.21. The molecule has 0 saturated heterocycles. The molecule has 5 nitrogen and oxygen atoms in total. The van der Waals surface area contributed by atoms with Gasteiger partial charge in [0.25, 0.3) is 5.71 Å². The summed E-state index contributed by atoms with van der Waals surface area (Å²) < 4.78 is 5.15. The van der Waals surface area contributed by atoms with Gasteiger partial charge in [0.1, 0.15) is 0 Å². The Bertz CT molecular complexity index is 747. The third kappa shape index (κ3) is 1.90. The SMILES string of the molecule is CCc1noc2nc(-c3cccs3)cc(C(=O)O)c12. The van der Waals surface area contributed by atoms with Crippen LogP contribution in [0.1, 0.15) is 23.0 Å². The molecule has 0 aromatic carbocycles. The monoisotopic (exact) mass is 274 g/mol. The number of thiophene rings is 1. The number of rotatable bonds is 3. The molecule has 3 aromatic rings. The zero-order valence-corrected chi connectivity index (χ0v) is 10.9. The lowest BCUT2D eigenvalue weighted by molar-refractivity contribution is 0.0699. The van der Waals surface area contributed by atoms with Gasteiger partial charge in [0.15, 0.2) is 0 Å². The average Bonchev–Trinajstić information content (AvgIpc) is 3.06. The van der Waals surface area contributed by atoms with Crippen LogP contribution in [0.2, 0.25) is 0 Å². The summed E-state index contributed by atoms with van der Waals surface area (Å²) in [5, 5.41) is 15.6. The third-order valence-corrected chi connectivity index (χ3v) is 3.75. The number of carboxylic acids is 1. The molecule has 0 unspecified atom stereocenters. The Kier molecular flexibility index (Phi) is 2.79. The molecular weight excluding hydrogens is 264 g/mol. The van der Waals surface area contributed by atoms with E-state index in [1.54, 1.807) is 6.07 Å². The molecule has 0 fully saturated rings. The molecule has 0 spiro atoms. The van der Waals surface area contributed by atoms with Gasteiger partial charge < -0.3 is 9.63 Å². The van der Waals surface area contributed by atoms with Gasteiger partial charge in [-0.25, -0.2) is 9.78 Å². The number of hydrogen-bond acceptors (Lipinski definition) is 5. The number of pyridine rings is 1. The van der Waals surface area contributed by atoms with E-state index in [4.69, 9.17) is 4.52 Å². The number of nitrogens with zero attached hydrogens (tertiary/aromatic N) is 2. The van der Waals surface area contributed by atoms with E-state index in [1.165, 1.54) is 11.3 Å². The summed E-state index contributed by atoms with van der Waals surface area (Å²) in [6.07, 6.45) is 0.604. The van der Waals surface area contributed by atoms with E-state index in [-0.39, 0.29) is 11.3 Å². The minimum Gasteiger partial charge on any atom is -0.478 e. The molecule has 0 saturated carbocycles. The highest BCUT2D eigenvalue weighted by atomic mass is 32.1. The fourth-order valence-corrected chi connectivity index (χ4v) is 2.66. The Morgan fingerprint density at radius 1 is 1.53 bits per heavy atom. The highest BCUT2D eigenvalue weighted by Crippen LogP contribution is 2.29. The van der Waals surface area contributed by atoms with Gasteiger partial charge in [-0.2, -0.15) is 0 Å². The maximum Gasteiger partial charge on any atom is 0.336 e. The predicted molar refractivity (Wildman–Crippen MR) is 71.5 cm³/mol. The van der Waals surface area contributed by atoms with Crippen molar-refractivity contribution in [2.45, 2.75) is 13.3 Å². The van der Waals surface area contributed by atoms with Crippen molar-refractivity contribution in [2.24, 2.45) is 0 Å². The van der Waals surface area contributed by atoms with E-state index in [0.29, 0.717) is 23.2 Å². The number of hydrogen-bond donors (Lipinski definition) is 1. The maximum atomic E-state index is 11.4. The topological polar surface area (TPSA) is 76.2 Å². The van der Waals surface area contributed by atoms with Gasteiger partial charge in [0, 0.05) is 0 Å². The van der Waals surface area contributed by atoms with Crippen molar-refractivity contribution < 1.29 is 14.4 Å². The van der Waals surface area contributed by atoms with Gasteiger partial charge in [-0.15, -0.1) is 11.3 Å². The molecule has 0 aliphatic heterocycles. The second-order valence-corrected chi connectivity index (χ2v) is 4.95. The summed E-state index contributed by atoms with van der Waals surface area (Å²) in [7, 11) is 0. The lowest BCUT2D eigenvalue weighted by Gasteiger charge is -2.01. The van der Waals surface area contributed by atoms with E-state index in [2.05, 4.69) is 10.1 Å². The molecule has 0 radical (unpaired) electrons. The molecular formula is C13H10N2O3S. The summed E-state index contributed by atoms with van der Waals surface area (Å²) in [5.74, 6) is -0.997. The van der Waals surface area contributed by atoms with E-state index < -0.39 is 5.97 Å². The lowest BCUT2D eigenvalue weighted by atomic mass is 10.1. The molecule has 0 aliphatic rings. The molecule has 19 heavy (non-hydrogen) atoms. The number of aromatic carboxylic acids is 1. The number of carboxylic acid groups (broad SMARTS) is 1. The van der Waals surface area contributed by atoms with Crippen molar-refractivity contribution >= 4 is 28.4 Å². The first kappa shape index (κ1) is 11.9. The third-order valence-electron chi connectivity index (χ3n) is 2.86. The number of aromatic nitrogens is 2. The highest BCUT2D eigenvalue weighted by molar-refractivity contribution is 7.13. The van der Waals surface area contributed by atoms with Crippen molar-refractivity contribution in [3.8, 4) is 10.6 Å². The van der Waals surface area contributed by atoms with Crippen LogP contribution in [0.5, 0.6) is 0 Å². The molecule has 0 amide bonds. The average molecular weight is 274 g/mol. The molecule has 0 atom stereocenters. The van der Waals surface area contributed by atoms with Crippen LogP contribution in [0.25, 0.3) is 21.7 Å². The summed E-state index contributed by atoms with van der Waals surface area (Å²) in [6.45, 7) is 1.90. The maximum absolute atomic E-state index is 11.4. The van der Waals surface area contributed by atoms with Crippen LogP contribution in [0.3, 0.4) is 0 Å². The molecule has 3 rings (SSSR count). The fraction of sp³-hybridized carbons (Fsp3) is 0.154. The molecule has 3 aromatic heterocycles. The normalized spacial score (nSPS) is 11.0. The van der Waals surface area contributed by atoms with Crippen LogP contribution < -0.4 is 0 Å². The molecule has 0 aliphatic carbocycles. The Labute approximate surface area is 112 Å². The van der Waals surface area contributed by atoms with Crippen molar-refractivity contribution in [3.63, 3.8) is 0 Å². The van der Waals surface area contributed by atoms with Gasteiger partial charge in [-0.05, 0) is 23.9 Å². The van der Waals surface area contributed by atoms with Crippen molar-refractivity contribution in [1.29, 1.82) is 0 Å². The molecule has 1 N–H and O–H groups in total. The van der Waals surface area contributed by atoms with E-state index in [1.807, 2.05) is 24.4 Å². The Morgan fingerprint density at radius 3 is 3.00 bits per heavy atom. The first-order chi connectivity index (χ1) is 9.20. The van der Waals surface area contributed by atoms with Crippen molar-refractivity contribution in [1.82, 2.24) is 10.1 Å². The van der Waals surface area contributed by atoms with Crippen LogP contribution in [-0.2, 0) is 6.42 Å². The van der Waals surface area contributed by atoms with Crippen molar-refractivity contribution in [2.75, 3.05) is 0 Å². The van der Waals surface area contributed by atoms with Gasteiger partial charge >= 0.3 is 5.97 Å². The summed E-state index contributed by atoms with van der Waals surface area (Å²) >= 11 is 1.50. The molecule has 3 heterocycles. The highest BCUT2D eigenvalue weighted by Gasteiger charge is 2.19. The molecule has 96 valence electrons. The number of aryl methyl sites for hydroxylation is 1.